The van der Waals surface area contributed by atoms with Crippen LogP contribution in [0.3, 0.4) is 0 Å². The summed E-state index contributed by atoms with van der Waals surface area (Å²) in [7, 11) is 0. The third-order valence-electron chi connectivity index (χ3n) is 1.92. The second-order valence-electron chi connectivity index (χ2n) is 3.02. The Labute approximate surface area is 92.7 Å². The first-order valence-electron chi connectivity index (χ1n) is 4.09. The van der Waals surface area contributed by atoms with E-state index >= 15 is 0 Å². The van der Waals surface area contributed by atoms with Crippen LogP contribution in [0.15, 0.2) is 18.2 Å². The Morgan fingerprint density at radius 3 is 2.43 bits per heavy atom. The van der Waals surface area contributed by atoms with E-state index in [1.165, 1.54) is 0 Å². The molecule has 2 unspecified atom stereocenters. The molecule has 0 heterocycles. The molecule has 1 rings (SSSR count). The molecule has 2 atom stereocenters. The average Bonchev–Trinajstić information content (AvgIpc) is 2.11. The van der Waals surface area contributed by atoms with Crippen molar-refractivity contribution in [3.63, 3.8) is 0 Å². The second kappa shape index (κ2) is 4.65. The highest BCUT2D eigenvalue weighted by Gasteiger charge is 2.17. The normalized spacial score (nSPS) is 14.5. The summed E-state index contributed by atoms with van der Waals surface area (Å²) in [6, 6.07) is 6.92. The molecule has 2 nitrogen and oxygen atoms in total. The van der Waals surface area contributed by atoms with Crippen molar-refractivity contribution in [2.45, 2.75) is 18.9 Å². The molecule has 74 valence electrons. The standard InChI is InChI=1S/C10H9Cl2NO/c1-6(14)8(5-13)7-2-3-9(11)10(12)4-7/h2-4,6,8,14H,1H3. The molecule has 1 N–H and O–H groups in total. The van der Waals surface area contributed by atoms with E-state index in [2.05, 4.69) is 0 Å². The molecule has 0 aromatic heterocycles. The number of nitriles is 1. The first-order valence-corrected chi connectivity index (χ1v) is 4.84. The summed E-state index contributed by atoms with van der Waals surface area (Å²) >= 11 is 11.5. The summed E-state index contributed by atoms with van der Waals surface area (Å²) in [5.74, 6) is -0.565. The largest absolute Gasteiger partial charge is 0.392 e. The molecule has 14 heavy (non-hydrogen) atoms. The van der Waals surface area contributed by atoms with Gasteiger partial charge in [-0.05, 0) is 24.6 Å². The lowest BCUT2D eigenvalue weighted by Crippen LogP contribution is -2.12. The molecule has 0 saturated carbocycles. The van der Waals surface area contributed by atoms with E-state index < -0.39 is 12.0 Å². The number of hydrogen-bond donors (Lipinski definition) is 1. The first-order chi connectivity index (χ1) is 6.56. The maximum Gasteiger partial charge on any atom is 0.0969 e. The van der Waals surface area contributed by atoms with Gasteiger partial charge in [0.05, 0.1) is 28.1 Å². The van der Waals surface area contributed by atoms with E-state index in [-0.39, 0.29) is 0 Å². The third kappa shape index (κ3) is 2.39. The maximum absolute atomic E-state index is 9.33. The Morgan fingerprint density at radius 2 is 2.00 bits per heavy atom. The molecule has 0 bridgehead atoms. The second-order valence-corrected chi connectivity index (χ2v) is 3.84. The van der Waals surface area contributed by atoms with Gasteiger partial charge in [-0.3, -0.25) is 0 Å². The van der Waals surface area contributed by atoms with Crippen LogP contribution in [0.5, 0.6) is 0 Å². The third-order valence-corrected chi connectivity index (χ3v) is 2.66. The van der Waals surface area contributed by atoms with Gasteiger partial charge < -0.3 is 5.11 Å². The topological polar surface area (TPSA) is 44.0 Å². The van der Waals surface area contributed by atoms with Crippen molar-refractivity contribution < 1.29 is 5.11 Å². The number of nitrogens with zero attached hydrogens (tertiary/aromatic N) is 1. The van der Waals surface area contributed by atoms with Crippen LogP contribution in [0.2, 0.25) is 10.0 Å². The molecule has 0 radical (unpaired) electrons. The van der Waals surface area contributed by atoms with Gasteiger partial charge >= 0.3 is 0 Å². The molecule has 0 aliphatic heterocycles. The van der Waals surface area contributed by atoms with Gasteiger partial charge in [0.1, 0.15) is 0 Å². The van der Waals surface area contributed by atoms with Gasteiger partial charge in [0, 0.05) is 0 Å². The molecule has 1 aromatic carbocycles. The van der Waals surface area contributed by atoms with Gasteiger partial charge in [0.25, 0.3) is 0 Å². The van der Waals surface area contributed by atoms with Crippen molar-refractivity contribution in [1.82, 2.24) is 0 Å². The van der Waals surface area contributed by atoms with Crippen LogP contribution < -0.4 is 0 Å². The highest BCUT2D eigenvalue weighted by Crippen LogP contribution is 2.27. The first kappa shape index (κ1) is 11.3. The summed E-state index contributed by atoms with van der Waals surface area (Å²) in [6.07, 6.45) is -0.725. The Bertz CT molecular complexity index is 371. The van der Waals surface area contributed by atoms with E-state index in [9.17, 15) is 5.11 Å². The molecule has 0 saturated heterocycles. The molecule has 0 fully saturated rings. The minimum Gasteiger partial charge on any atom is -0.392 e. The molecular formula is C10H9Cl2NO. The SMILES string of the molecule is CC(O)C(C#N)c1ccc(Cl)c(Cl)c1. The quantitative estimate of drug-likeness (QED) is 0.848. The lowest BCUT2D eigenvalue weighted by Gasteiger charge is -2.12. The van der Waals surface area contributed by atoms with Gasteiger partial charge in [-0.1, -0.05) is 29.3 Å². The van der Waals surface area contributed by atoms with Crippen molar-refractivity contribution in [3.05, 3.63) is 33.8 Å². The van der Waals surface area contributed by atoms with Crippen molar-refractivity contribution >= 4 is 23.2 Å². The van der Waals surface area contributed by atoms with E-state index in [4.69, 9.17) is 28.5 Å². The minimum atomic E-state index is -0.725. The molecule has 1 aromatic rings. The van der Waals surface area contributed by atoms with E-state index in [1.54, 1.807) is 25.1 Å². The Kier molecular flexibility index (Phi) is 3.77. The Balaban J connectivity index is 3.08. The van der Waals surface area contributed by atoms with Crippen LogP contribution in [-0.2, 0) is 0 Å². The monoisotopic (exact) mass is 229 g/mol. The van der Waals surface area contributed by atoms with Gasteiger partial charge in [-0.2, -0.15) is 5.26 Å². The van der Waals surface area contributed by atoms with E-state index in [0.29, 0.717) is 15.6 Å². The molecule has 0 amide bonds. The number of aliphatic hydroxyl groups is 1. The predicted molar refractivity (Wildman–Crippen MR) is 56.5 cm³/mol. The molecule has 0 spiro atoms. The lowest BCUT2D eigenvalue weighted by molar-refractivity contribution is 0.181. The fraction of sp³-hybridized carbons (Fsp3) is 0.300. The van der Waals surface area contributed by atoms with E-state index in [0.717, 1.165) is 0 Å². The highest BCUT2D eigenvalue weighted by molar-refractivity contribution is 6.42. The van der Waals surface area contributed by atoms with Crippen LogP contribution in [0.1, 0.15) is 18.4 Å². The number of hydrogen-bond acceptors (Lipinski definition) is 2. The summed E-state index contributed by atoms with van der Waals surface area (Å²) in [6.45, 7) is 1.57. The van der Waals surface area contributed by atoms with Crippen molar-refractivity contribution in [2.24, 2.45) is 0 Å². The van der Waals surface area contributed by atoms with Crippen LogP contribution in [0.4, 0.5) is 0 Å². The molecule has 4 heteroatoms. The minimum absolute atomic E-state index is 0.394. The summed E-state index contributed by atoms with van der Waals surface area (Å²) in [5.41, 5.74) is 0.678. The lowest BCUT2D eigenvalue weighted by atomic mass is 9.96. The predicted octanol–water partition coefficient (Wildman–Crippen LogP) is 2.98. The molecular weight excluding hydrogens is 221 g/mol. The fourth-order valence-electron chi connectivity index (χ4n) is 1.17. The highest BCUT2D eigenvalue weighted by atomic mass is 35.5. The zero-order valence-corrected chi connectivity index (χ0v) is 9.05. The zero-order valence-electron chi connectivity index (χ0n) is 7.54. The number of rotatable bonds is 2. The van der Waals surface area contributed by atoms with Gasteiger partial charge in [-0.25, -0.2) is 0 Å². The fourth-order valence-corrected chi connectivity index (χ4v) is 1.47. The Hall–Kier alpha value is -0.750. The van der Waals surface area contributed by atoms with Crippen molar-refractivity contribution in [2.75, 3.05) is 0 Å². The van der Waals surface area contributed by atoms with Gasteiger partial charge in [-0.15, -0.1) is 0 Å². The average molecular weight is 230 g/mol. The van der Waals surface area contributed by atoms with Gasteiger partial charge in [0.15, 0.2) is 0 Å². The van der Waals surface area contributed by atoms with Crippen molar-refractivity contribution in [3.8, 4) is 6.07 Å². The van der Waals surface area contributed by atoms with Crippen LogP contribution in [0, 0.1) is 11.3 Å². The summed E-state index contributed by atoms with van der Waals surface area (Å²) < 4.78 is 0. The van der Waals surface area contributed by atoms with E-state index in [1.807, 2.05) is 6.07 Å². The van der Waals surface area contributed by atoms with Gasteiger partial charge in [0.2, 0.25) is 0 Å². The van der Waals surface area contributed by atoms with Crippen molar-refractivity contribution in [1.29, 1.82) is 5.26 Å². The number of halogens is 2. The van der Waals surface area contributed by atoms with Crippen LogP contribution >= 0.6 is 23.2 Å². The van der Waals surface area contributed by atoms with Crippen LogP contribution in [0.25, 0.3) is 0 Å². The zero-order chi connectivity index (χ0) is 10.7. The summed E-state index contributed by atoms with van der Waals surface area (Å²) in [4.78, 5) is 0. The summed E-state index contributed by atoms with van der Waals surface area (Å²) in [5, 5.41) is 19.0. The molecule has 0 aliphatic carbocycles. The molecule has 0 aliphatic rings. The Morgan fingerprint density at radius 1 is 1.36 bits per heavy atom. The number of benzene rings is 1. The maximum atomic E-state index is 9.33. The smallest absolute Gasteiger partial charge is 0.0969 e. The van der Waals surface area contributed by atoms with Crippen LogP contribution in [-0.4, -0.2) is 11.2 Å². The number of aliphatic hydroxyl groups excluding tert-OH is 1.